The third-order valence-electron chi connectivity index (χ3n) is 5.12. The molecule has 4 aromatic rings. The summed E-state index contributed by atoms with van der Waals surface area (Å²) >= 11 is 6.33. The zero-order valence-corrected chi connectivity index (χ0v) is 20.2. The second-order valence-electron chi connectivity index (χ2n) is 7.72. The summed E-state index contributed by atoms with van der Waals surface area (Å²) in [6, 6.07) is 7.61. The number of halogens is 1. The monoisotopic (exact) mass is 508 g/mol. The summed E-state index contributed by atoms with van der Waals surface area (Å²) in [6.07, 6.45) is 1.52. The maximum atomic E-state index is 13.5. The Bertz CT molecular complexity index is 1490. The number of rotatable bonds is 7. The van der Waals surface area contributed by atoms with E-state index in [9.17, 15) is 14.4 Å². The predicted octanol–water partition coefficient (Wildman–Crippen LogP) is 1.28. The molecule has 13 nitrogen and oxygen atoms in total. The van der Waals surface area contributed by atoms with Crippen molar-refractivity contribution in [3.63, 3.8) is 0 Å². The normalized spacial score (nSPS) is 10.8. The number of aryl methyl sites for hydroxylation is 2. The number of tetrazole rings is 1. The molecular formula is C22H21ClN10O3. The van der Waals surface area contributed by atoms with Crippen molar-refractivity contribution in [1.82, 2.24) is 40.3 Å². The van der Waals surface area contributed by atoms with Crippen LogP contribution in [0.4, 0.5) is 5.69 Å². The van der Waals surface area contributed by atoms with Gasteiger partial charge in [0.15, 0.2) is 11.6 Å². The number of aromatic nitrogens is 7. The second-order valence-corrected chi connectivity index (χ2v) is 8.13. The quantitative estimate of drug-likeness (QED) is 0.334. The Labute approximate surface area is 209 Å². The molecule has 0 aliphatic rings. The van der Waals surface area contributed by atoms with E-state index in [0.29, 0.717) is 17.1 Å². The number of nitrogens with two attached hydrogens (primary N) is 1. The number of pyridine rings is 1. The lowest BCUT2D eigenvalue weighted by molar-refractivity contribution is 0.0964. The lowest BCUT2D eigenvalue weighted by atomic mass is 10.0. The van der Waals surface area contributed by atoms with Crippen LogP contribution in [-0.4, -0.2) is 59.7 Å². The molecule has 4 N–H and O–H groups in total. The summed E-state index contributed by atoms with van der Waals surface area (Å²) in [7, 11) is 1.44. The Hall–Kier alpha value is -4.65. The molecule has 0 aliphatic heterocycles. The van der Waals surface area contributed by atoms with Crippen LogP contribution in [0.5, 0.6) is 0 Å². The molecule has 0 fully saturated rings. The van der Waals surface area contributed by atoms with Crippen molar-refractivity contribution in [3.8, 4) is 5.82 Å². The molecule has 0 radical (unpaired) electrons. The number of amides is 3. The van der Waals surface area contributed by atoms with Gasteiger partial charge in [0.25, 0.3) is 11.8 Å². The number of carbonyl (C=O) groups is 3. The number of hydrogen-bond acceptors (Lipinski definition) is 8. The van der Waals surface area contributed by atoms with E-state index in [4.69, 9.17) is 17.3 Å². The van der Waals surface area contributed by atoms with Gasteiger partial charge in [-0.1, -0.05) is 11.6 Å². The van der Waals surface area contributed by atoms with Crippen LogP contribution in [0, 0.1) is 13.8 Å². The van der Waals surface area contributed by atoms with E-state index in [-0.39, 0.29) is 39.9 Å². The van der Waals surface area contributed by atoms with Crippen LogP contribution < -0.4 is 16.4 Å². The average molecular weight is 509 g/mol. The summed E-state index contributed by atoms with van der Waals surface area (Å²) in [4.78, 5) is 43.3. The highest BCUT2D eigenvalue weighted by Crippen LogP contribution is 2.25. The van der Waals surface area contributed by atoms with Crippen molar-refractivity contribution in [3.05, 3.63) is 75.5 Å². The fourth-order valence-corrected chi connectivity index (χ4v) is 3.69. The van der Waals surface area contributed by atoms with Crippen LogP contribution in [0.15, 0.2) is 36.5 Å². The van der Waals surface area contributed by atoms with Crippen molar-refractivity contribution < 1.29 is 14.4 Å². The van der Waals surface area contributed by atoms with Crippen molar-refractivity contribution in [2.24, 2.45) is 5.73 Å². The van der Waals surface area contributed by atoms with Crippen molar-refractivity contribution >= 4 is 35.0 Å². The zero-order chi connectivity index (χ0) is 26.0. The predicted molar refractivity (Wildman–Crippen MR) is 129 cm³/mol. The SMILES string of the molecule is CNC(=O)c1cc(C(N)=O)cc(C)c1NC(=O)c1cc(Cn2nnc(C)n2)nn1-c1ncccc1Cl. The molecular weight excluding hydrogens is 488 g/mol. The van der Waals surface area contributed by atoms with Crippen LogP contribution in [0.1, 0.15) is 48.3 Å². The molecule has 184 valence electrons. The molecule has 0 bridgehead atoms. The number of nitrogens with zero attached hydrogens (tertiary/aromatic N) is 7. The minimum Gasteiger partial charge on any atom is -0.366 e. The molecule has 0 saturated carbocycles. The minimum absolute atomic E-state index is 0.0732. The van der Waals surface area contributed by atoms with Crippen LogP contribution in [0.3, 0.4) is 0 Å². The Balaban J connectivity index is 1.78. The molecule has 0 spiro atoms. The van der Waals surface area contributed by atoms with Crippen molar-refractivity contribution in [2.75, 3.05) is 12.4 Å². The van der Waals surface area contributed by atoms with Gasteiger partial charge in [-0.2, -0.15) is 9.90 Å². The molecule has 0 unspecified atom stereocenters. The summed E-state index contributed by atoms with van der Waals surface area (Å²) in [5, 5.41) is 21.9. The Kier molecular flexibility index (Phi) is 6.74. The van der Waals surface area contributed by atoms with Gasteiger partial charge < -0.3 is 16.4 Å². The fraction of sp³-hybridized carbons (Fsp3) is 0.182. The van der Waals surface area contributed by atoms with E-state index >= 15 is 0 Å². The van der Waals surface area contributed by atoms with Crippen molar-refractivity contribution in [1.29, 1.82) is 0 Å². The average Bonchev–Trinajstić information content (AvgIpc) is 3.45. The van der Waals surface area contributed by atoms with E-state index in [2.05, 4.69) is 36.1 Å². The molecule has 1 aromatic carbocycles. The van der Waals surface area contributed by atoms with Crippen LogP contribution in [0.2, 0.25) is 5.02 Å². The second kappa shape index (κ2) is 9.92. The number of nitrogens with one attached hydrogen (secondary N) is 2. The number of benzene rings is 1. The minimum atomic E-state index is -0.703. The highest BCUT2D eigenvalue weighted by molar-refractivity contribution is 6.32. The molecule has 3 heterocycles. The van der Waals surface area contributed by atoms with E-state index in [0.717, 1.165) is 0 Å². The maximum absolute atomic E-state index is 13.5. The summed E-state index contributed by atoms with van der Waals surface area (Å²) in [5.41, 5.74) is 6.79. The molecule has 3 aromatic heterocycles. The number of anilines is 1. The molecule has 4 rings (SSSR count). The number of primary amides is 1. The van der Waals surface area contributed by atoms with Crippen LogP contribution in [0.25, 0.3) is 5.82 Å². The van der Waals surface area contributed by atoms with E-state index in [1.165, 1.54) is 40.9 Å². The highest BCUT2D eigenvalue weighted by Gasteiger charge is 2.23. The third-order valence-corrected chi connectivity index (χ3v) is 5.41. The molecule has 0 saturated heterocycles. The fourth-order valence-electron chi connectivity index (χ4n) is 3.49. The standard InChI is InChI=1S/C22H21ClN10O3/c1-11-7-13(19(24)34)8-15(21(35)25-3)18(11)27-22(36)17-9-14(10-32-29-12(2)28-31-32)30-33(17)20-16(23)5-4-6-26-20/h4-9H,10H2,1-3H3,(H2,24,34)(H,25,35)(H,27,36). The van der Waals surface area contributed by atoms with Gasteiger partial charge in [-0.3, -0.25) is 14.4 Å². The first-order valence-electron chi connectivity index (χ1n) is 10.6. The van der Waals surface area contributed by atoms with Gasteiger partial charge in [0.2, 0.25) is 5.91 Å². The summed E-state index contributed by atoms with van der Waals surface area (Å²) < 4.78 is 1.30. The Morgan fingerprint density at radius 1 is 1.11 bits per heavy atom. The first kappa shape index (κ1) is 24.5. The molecule has 36 heavy (non-hydrogen) atoms. The van der Waals surface area contributed by atoms with Crippen LogP contribution >= 0.6 is 11.6 Å². The summed E-state index contributed by atoms with van der Waals surface area (Å²) in [5.74, 6) is -1.10. The van der Waals surface area contributed by atoms with Gasteiger partial charge in [0.1, 0.15) is 12.2 Å². The third kappa shape index (κ3) is 4.90. The lowest BCUT2D eigenvalue weighted by Crippen LogP contribution is -2.24. The maximum Gasteiger partial charge on any atom is 0.274 e. The van der Waals surface area contributed by atoms with Gasteiger partial charge >= 0.3 is 0 Å². The number of hydrogen-bond donors (Lipinski definition) is 3. The van der Waals surface area contributed by atoms with E-state index in [1.54, 1.807) is 26.0 Å². The van der Waals surface area contributed by atoms with Crippen molar-refractivity contribution in [2.45, 2.75) is 20.4 Å². The van der Waals surface area contributed by atoms with E-state index in [1.807, 2.05) is 0 Å². The van der Waals surface area contributed by atoms with E-state index < -0.39 is 17.7 Å². The van der Waals surface area contributed by atoms with Gasteiger partial charge in [0.05, 0.1) is 22.0 Å². The molecule has 14 heteroatoms. The first-order chi connectivity index (χ1) is 17.2. The Morgan fingerprint density at radius 3 is 2.53 bits per heavy atom. The largest absolute Gasteiger partial charge is 0.366 e. The van der Waals surface area contributed by atoms with Gasteiger partial charge in [-0.25, -0.2) is 9.67 Å². The highest BCUT2D eigenvalue weighted by atomic mass is 35.5. The summed E-state index contributed by atoms with van der Waals surface area (Å²) in [6.45, 7) is 3.48. The van der Waals surface area contributed by atoms with Gasteiger partial charge in [-0.05, 0) is 55.0 Å². The van der Waals surface area contributed by atoms with Gasteiger partial charge in [0, 0.05) is 18.8 Å². The zero-order valence-electron chi connectivity index (χ0n) is 19.5. The first-order valence-corrected chi connectivity index (χ1v) is 11.0. The molecule has 0 aliphatic carbocycles. The molecule has 0 atom stereocenters. The number of carbonyl (C=O) groups excluding carboxylic acids is 3. The molecule has 3 amide bonds. The topological polar surface area (TPSA) is 176 Å². The van der Waals surface area contributed by atoms with Gasteiger partial charge in [-0.15, -0.1) is 10.2 Å². The Morgan fingerprint density at radius 2 is 1.89 bits per heavy atom. The lowest BCUT2D eigenvalue weighted by Gasteiger charge is -2.15. The van der Waals surface area contributed by atoms with Crippen LogP contribution in [-0.2, 0) is 6.54 Å². The smallest absolute Gasteiger partial charge is 0.274 e.